The van der Waals surface area contributed by atoms with E-state index in [0.29, 0.717) is 13.2 Å². The molecule has 1 heterocycles. The predicted molar refractivity (Wildman–Crippen MR) is 55.3 cm³/mol. The molecule has 15 heavy (non-hydrogen) atoms. The van der Waals surface area contributed by atoms with Gasteiger partial charge in [0.05, 0.1) is 6.61 Å². The molecular weight excluding hydrogens is 196 g/mol. The van der Waals surface area contributed by atoms with Crippen molar-refractivity contribution in [1.82, 2.24) is 9.97 Å². The molecule has 82 valence electrons. The van der Waals surface area contributed by atoms with Gasteiger partial charge in [-0.1, -0.05) is 0 Å². The van der Waals surface area contributed by atoms with E-state index in [1.807, 2.05) is 13.0 Å². The lowest BCUT2D eigenvalue weighted by Crippen LogP contribution is -2.20. The lowest BCUT2D eigenvalue weighted by Gasteiger charge is -2.05. The molecule has 0 aromatic carbocycles. The van der Waals surface area contributed by atoms with Gasteiger partial charge in [-0.25, -0.2) is 9.97 Å². The molecule has 0 aliphatic heterocycles. The Morgan fingerprint density at radius 1 is 1.60 bits per heavy atom. The first kappa shape index (κ1) is 11.4. The number of primary amides is 1. The summed E-state index contributed by atoms with van der Waals surface area (Å²) in [5.41, 5.74) is 5.79. The summed E-state index contributed by atoms with van der Waals surface area (Å²) < 4.78 is 4.97. The Morgan fingerprint density at radius 3 is 3.07 bits per heavy atom. The summed E-state index contributed by atoms with van der Waals surface area (Å²) in [5.74, 6) is 0.276. The van der Waals surface area contributed by atoms with E-state index in [1.165, 1.54) is 6.33 Å². The number of ether oxygens (including phenoxy) is 1. The summed E-state index contributed by atoms with van der Waals surface area (Å²) in [5, 5.41) is 3.03. The molecule has 6 heteroatoms. The summed E-state index contributed by atoms with van der Waals surface area (Å²) in [6.45, 7) is 2.82. The molecule has 0 spiro atoms. The molecule has 1 aromatic heterocycles. The monoisotopic (exact) mass is 210 g/mol. The van der Waals surface area contributed by atoms with Gasteiger partial charge in [-0.3, -0.25) is 4.79 Å². The van der Waals surface area contributed by atoms with Crippen molar-refractivity contribution < 1.29 is 9.53 Å². The number of carbonyl (C=O) groups excluding carboxylic acids is 1. The van der Waals surface area contributed by atoms with Crippen molar-refractivity contribution in [3.8, 4) is 0 Å². The van der Waals surface area contributed by atoms with Gasteiger partial charge in [0.15, 0.2) is 0 Å². The van der Waals surface area contributed by atoms with Gasteiger partial charge < -0.3 is 15.8 Å². The second-order valence-electron chi connectivity index (χ2n) is 2.99. The van der Waals surface area contributed by atoms with Gasteiger partial charge in [0, 0.05) is 18.3 Å². The van der Waals surface area contributed by atoms with E-state index in [1.54, 1.807) is 0 Å². The zero-order valence-corrected chi connectivity index (χ0v) is 8.56. The molecule has 1 rings (SSSR count). The fourth-order valence-corrected chi connectivity index (χ4v) is 0.975. The van der Waals surface area contributed by atoms with Crippen LogP contribution in [-0.2, 0) is 9.53 Å². The van der Waals surface area contributed by atoms with E-state index in [4.69, 9.17) is 10.5 Å². The highest BCUT2D eigenvalue weighted by atomic mass is 16.5. The third-order valence-corrected chi connectivity index (χ3v) is 1.60. The first-order chi connectivity index (χ1) is 7.18. The number of aryl methyl sites for hydroxylation is 1. The SMILES string of the molecule is Cc1cc(NCCOCC(N)=O)ncn1. The van der Waals surface area contributed by atoms with Crippen LogP contribution < -0.4 is 11.1 Å². The fraction of sp³-hybridized carbons (Fsp3) is 0.444. The largest absolute Gasteiger partial charge is 0.370 e. The van der Waals surface area contributed by atoms with Crippen molar-refractivity contribution in [1.29, 1.82) is 0 Å². The molecule has 0 saturated carbocycles. The highest BCUT2D eigenvalue weighted by molar-refractivity contribution is 5.74. The highest BCUT2D eigenvalue weighted by Crippen LogP contribution is 2.01. The molecule has 0 atom stereocenters. The van der Waals surface area contributed by atoms with Crippen molar-refractivity contribution in [3.05, 3.63) is 18.1 Å². The van der Waals surface area contributed by atoms with Gasteiger partial charge in [0.2, 0.25) is 5.91 Å². The van der Waals surface area contributed by atoms with Crippen LogP contribution in [0.2, 0.25) is 0 Å². The highest BCUT2D eigenvalue weighted by Gasteiger charge is 1.95. The quantitative estimate of drug-likeness (QED) is 0.629. The lowest BCUT2D eigenvalue weighted by molar-refractivity contribution is -0.122. The molecule has 0 fully saturated rings. The standard InChI is InChI=1S/C9H14N4O2/c1-7-4-9(13-6-12-7)11-2-3-15-5-8(10)14/h4,6H,2-3,5H2,1H3,(H2,10,14)(H,11,12,13). The van der Waals surface area contributed by atoms with Crippen molar-refractivity contribution in [2.24, 2.45) is 5.73 Å². The van der Waals surface area contributed by atoms with E-state index in [0.717, 1.165) is 11.5 Å². The Kier molecular flexibility index (Phi) is 4.49. The third kappa shape index (κ3) is 4.92. The number of rotatable bonds is 6. The van der Waals surface area contributed by atoms with Crippen molar-refractivity contribution in [2.45, 2.75) is 6.92 Å². The van der Waals surface area contributed by atoms with Crippen LogP contribution in [0.5, 0.6) is 0 Å². The first-order valence-corrected chi connectivity index (χ1v) is 4.57. The molecular formula is C9H14N4O2. The van der Waals surface area contributed by atoms with Gasteiger partial charge in [-0.15, -0.1) is 0 Å². The number of nitrogens with one attached hydrogen (secondary N) is 1. The molecule has 1 aromatic rings. The molecule has 0 unspecified atom stereocenters. The maximum Gasteiger partial charge on any atom is 0.243 e. The predicted octanol–water partition coefficient (Wildman–Crippen LogP) is -0.301. The van der Waals surface area contributed by atoms with Gasteiger partial charge in [0.1, 0.15) is 18.8 Å². The number of nitrogens with two attached hydrogens (primary N) is 1. The van der Waals surface area contributed by atoms with Crippen molar-refractivity contribution in [2.75, 3.05) is 25.1 Å². The molecule has 0 saturated heterocycles. The number of nitrogens with zero attached hydrogens (tertiary/aromatic N) is 2. The van der Waals surface area contributed by atoms with Crippen molar-refractivity contribution in [3.63, 3.8) is 0 Å². The molecule has 0 aliphatic carbocycles. The zero-order valence-electron chi connectivity index (χ0n) is 8.56. The molecule has 3 N–H and O–H groups in total. The normalized spacial score (nSPS) is 9.93. The Hall–Kier alpha value is -1.69. The average molecular weight is 210 g/mol. The molecule has 0 radical (unpaired) electrons. The van der Waals surface area contributed by atoms with E-state index < -0.39 is 5.91 Å². The summed E-state index contributed by atoms with van der Waals surface area (Å²) in [6.07, 6.45) is 1.49. The Labute approximate surface area is 87.9 Å². The van der Waals surface area contributed by atoms with Crippen LogP contribution in [0.3, 0.4) is 0 Å². The van der Waals surface area contributed by atoms with E-state index >= 15 is 0 Å². The Morgan fingerprint density at radius 2 is 2.40 bits per heavy atom. The Bertz CT molecular complexity index is 330. The Balaban J connectivity index is 2.17. The minimum atomic E-state index is -0.465. The number of carbonyl (C=O) groups is 1. The molecule has 1 amide bonds. The van der Waals surface area contributed by atoms with Crippen LogP contribution >= 0.6 is 0 Å². The lowest BCUT2D eigenvalue weighted by atomic mass is 10.4. The minimum Gasteiger partial charge on any atom is -0.370 e. The fourth-order valence-electron chi connectivity index (χ4n) is 0.975. The number of amides is 1. The maximum atomic E-state index is 10.3. The number of hydrogen-bond donors (Lipinski definition) is 2. The summed E-state index contributed by atoms with van der Waals surface area (Å²) in [7, 11) is 0. The smallest absolute Gasteiger partial charge is 0.243 e. The molecule has 6 nitrogen and oxygen atoms in total. The summed E-state index contributed by atoms with van der Waals surface area (Å²) in [4.78, 5) is 18.3. The van der Waals surface area contributed by atoms with E-state index in [-0.39, 0.29) is 6.61 Å². The molecule has 0 aliphatic rings. The third-order valence-electron chi connectivity index (χ3n) is 1.60. The van der Waals surface area contributed by atoms with Gasteiger partial charge in [-0.05, 0) is 6.92 Å². The zero-order chi connectivity index (χ0) is 11.1. The first-order valence-electron chi connectivity index (χ1n) is 4.57. The van der Waals surface area contributed by atoms with Crippen LogP contribution in [0.15, 0.2) is 12.4 Å². The second kappa shape index (κ2) is 5.92. The van der Waals surface area contributed by atoms with Gasteiger partial charge >= 0.3 is 0 Å². The van der Waals surface area contributed by atoms with Crippen LogP contribution in [0.4, 0.5) is 5.82 Å². The summed E-state index contributed by atoms with van der Waals surface area (Å²) >= 11 is 0. The maximum absolute atomic E-state index is 10.3. The number of anilines is 1. The number of aromatic nitrogens is 2. The van der Waals surface area contributed by atoms with Gasteiger partial charge in [0.25, 0.3) is 0 Å². The second-order valence-corrected chi connectivity index (χ2v) is 2.99. The van der Waals surface area contributed by atoms with E-state index in [2.05, 4.69) is 15.3 Å². The van der Waals surface area contributed by atoms with E-state index in [9.17, 15) is 4.79 Å². The van der Waals surface area contributed by atoms with Crippen LogP contribution in [-0.4, -0.2) is 35.6 Å². The number of hydrogen-bond acceptors (Lipinski definition) is 5. The van der Waals surface area contributed by atoms with Crippen LogP contribution in [0.1, 0.15) is 5.69 Å². The van der Waals surface area contributed by atoms with Crippen molar-refractivity contribution >= 4 is 11.7 Å². The van der Waals surface area contributed by atoms with Gasteiger partial charge in [-0.2, -0.15) is 0 Å². The average Bonchev–Trinajstić information content (AvgIpc) is 2.17. The minimum absolute atomic E-state index is 0.0511. The summed E-state index contributed by atoms with van der Waals surface area (Å²) in [6, 6.07) is 1.83. The molecule has 0 bridgehead atoms. The topological polar surface area (TPSA) is 90.1 Å². The van der Waals surface area contributed by atoms with Crippen LogP contribution in [0, 0.1) is 6.92 Å². The van der Waals surface area contributed by atoms with Crippen LogP contribution in [0.25, 0.3) is 0 Å².